The minimum atomic E-state index is -0.910. The van der Waals surface area contributed by atoms with E-state index in [4.69, 9.17) is 42.5 Å². The van der Waals surface area contributed by atoms with E-state index in [9.17, 15) is 20.1 Å². The number of benzene rings is 2. The van der Waals surface area contributed by atoms with Crippen LogP contribution in [0.15, 0.2) is 58.9 Å². The number of rotatable bonds is 14. The molecule has 1 aliphatic heterocycles. The number of esters is 1. The Balaban J connectivity index is 1.31. The van der Waals surface area contributed by atoms with Crippen molar-refractivity contribution in [1.82, 2.24) is 15.3 Å². The molecule has 258 valence electrons. The Labute approximate surface area is 303 Å². The molecule has 1 saturated heterocycles. The third-order valence-corrected chi connectivity index (χ3v) is 10.0. The van der Waals surface area contributed by atoms with Crippen LogP contribution in [0.2, 0.25) is 5.02 Å². The first-order chi connectivity index (χ1) is 24.2. The Bertz CT molecular complexity index is 1900. The Morgan fingerprint density at radius 3 is 2.38 bits per heavy atom. The molecular weight excluding hydrogens is 696 g/mol. The monoisotopic (exact) mass is 730 g/mol. The first-order valence-electron chi connectivity index (χ1n) is 15.8. The highest BCUT2D eigenvalue weighted by Crippen LogP contribution is 2.40. The molecule has 3 heterocycles. The van der Waals surface area contributed by atoms with Gasteiger partial charge in [0.05, 0.1) is 17.3 Å². The van der Waals surface area contributed by atoms with Crippen LogP contribution in [0.25, 0.3) is 21.7 Å². The molecule has 2 aromatic carbocycles. The molecule has 0 radical (unpaired) electrons. The Morgan fingerprint density at radius 2 is 1.72 bits per heavy atom. The number of carbonyl (C=O) groups excluding carboxylic acids is 2. The van der Waals surface area contributed by atoms with Crippen molar-refractivity contribution >= 4 is 52.4 Å². The normalized spacial score (nSPS) is 13.6. The van der Waals surface area contributed by atoms with Crippen LogP contribution in [0.4, 0.5) is 5.82 Å². The molecule has 0 bridgehead atoms. The van der Waals surface area contributed by atoms with Gasteiger partial charge in [-0.25, -0.2) is 14.8 Å². The summed E-state index contributed by atoms with van der Waals surface area (Å²) in [5.74, 6) is 0.384. The lowest BCUT2D eigenvalue weighted by atomic mass is 9.96. The summed E-state index contributed by atoms with van der Waals surface area (Å²) < 4.78 is 11.0. The number of hydrogen-bond acceptors (Lipinski definition) is 13. The number of anilines is 1. The van der Waals surface area contributed by atoms with Crippen molar-refractivity contribution in [3.8, 4) is 39.6 Å². The molecule has 0 aliphatic carbocycles. The molecule has 2 aromatic heterocycles. The van der Waals surface area contributed by atoms with E-state index in [1.54, 1.807) is 24.3 Å². The zero-order valence-corrected chi connectivity index (χ0v) is 29.6. The average molecular weight is 731 g/mol. The number of carbonyl (C=O) groups is 2. The number of hydrogen-bond donors (Lipinski definition) is 3. The molecule has 1 amide bonds. The molecule has 0 spiro atoms. The van der Waals surface area contributed by atoms with Crippen LogP contribution in [-0.2, 0) is 20.1 Å². The summed E-state index contributed by atoms with van der Waals surface area (Å²) in [6, 6.07) is 17.4. The zero-order valence-electron chi connectivity index (χ0n) is 27.2. The van der Waals surface area contributed by atoms with Gasteiger partial charge in [0, 0.05) is 46.9 Å². The van der Waals surface area contributed by atoms with Crippen LogP contribution >= 0.6 is 34.7 Å². The van der Waals surface area contributed by atoms with Crippen molar-refractivity contribution in [3.63, 3.8) is 0 Å². The van der Waals surface area contributed by atoms with Gasteiger partial charge < -0.3 is 31.2 Å². The SMILES string of the molecule is C[C@H](NC(=O)[C@@H](N)CN)C(=O)OCCOc1ccc(-c2c(C#N)c(SCc3csc(-c4ccc(Cl)cc4)n3)nc(N3CCCC3)c2C#N)cc1. The molecule has 0 saturated carbocycles. The lowest BCUT2D eigenvalue weighted by molar-refractivity contribution is -0.148. The van der Waals surface area contributed by atoms with Gasteiger partial charge in [-0.3, -0.25) is 4.79 Å². The number of aromatic nitrogens is 2. The molecule has 4 aromatic rings. The van der Waals surface area contributed by atoms with Crippen LogP contribution in [-0.4, -0.2) is 66.8 Å². The van der Waals surface area contributed by atoms with E-state index in [-0.39, 0.29) is 19.8 Å². The molecule has 2 atom stereocenters. The summed E-state index contributed by atoms with van der Waals surface area (Å²) >= 11 is 9.00. The Kier molecular flexibility index (Phi) is 12.7. The minimum absolute atomic E-state index is 0.0444. The molecule has 5 N–H and O–H groups in total. The van der Waals surface area contributed by atoms with Gasteiger partial charge in [-0.05, 0) is 49.6 Å². The lowest BCUT2D eigenvalue weighted by Crippen LogP contribution is -2.50. The average Bonchev–Trinajstić information content (AvgIpc) is 3.85. The fourth-order valence-corrected chi connectivity index (χ4v) is 7.12. The van der Waals surface area contributed by atoms with Gasteiger partial charge >= 0.3 is 5.97 Å². The number of nitrogens with two attached hydrogens (primary N) is 2. The van der Waals surface area contributed by atoms with Gasteiger partial charge in [0.2, 0.25) is 5.91 Å². The molecule has 5 rings (SSSR count). The predicted molar refractivity (Wildman–Crippen MR) is 194 cm³/mol. The summed E-state index contributed by atoms with van der Waals surface area (Å²) in [6.45, 7) is 3.01. The Hall–Kier alpha value is -4.70. The van der Waals surface area contributed by atoms with Gasteiger partial charge in [-0.2, -0.15) is 10.5 Å². The molecule has 50 heavy (non-hydrogen) atoms. The molecule has 12 nitrogen and oxygen atoms in total. The van der Waals surface area contributed by atoms with Crippen molar-refractivity contribution in [2.45, 2.75) is 42.6 Å². The third kappa shape index (κ3) is 8.90. The molecule has 0 unspecified atom stereocenters. The number of nitrogens with zero attached hydrogens (tertiary/aromatic N) is 5. The van der Waals surface area contributed by atoms with Crippen LogP contribution in [0, 0.1) is 22.7 Å². The quantitative estimate of drug-likeness (QED) is 0.0907. The van der Waals surface area contributed by atoms with Crippen LogP contribution in [0.1, 0.15) is 36.6 Å². The fourth-order valence-electron chi connectivity index (χ4n) is 5.18. The van der Waals surface area contributed by atoms with E-state index in [0.717, 1.165) is 42.2 Å². The molecule has 15 heteroatoms. The van der Waals surface area contributed by atoms with Crippen LogP contribution in [0.5, 0.6) is 5.75 Å². The van der Waals surface area contributed by atoms with Crippen molar-refractivity contribution < 1.29 is 19.1 Å². The highest BCUT2D eigenvalue weighted by Gasteiger charge is 2.27. The summed E-state index contributed by atoms with van der Waals surface area (Å²) in [7, 11) is 0. The largest absolute Gasteiger partial charge is 0.490 e. The number of nitrogens with one attached hydrogen (secondary N) is 1. The van der Waals surface area contributed by atoms with E-state index in [0.29, 0.717) is 49.6 Å². The number of nitriles is 2. The number of halogens is 1. The number of pyridine rings is 1. The second kappa shape index (κ2) is 17.3. The summed E-state index contributed by atoms with van der Waals surface area (Å²) in [5, 5.41) is 27.3. The summed E-state index contributed by atoms with van der Waals surface area (Å²) in [5.41, 5.74) is 14.6. The lowest BCUT2D eigenvalue weighted by Gasteiger charge is -2.22. The van der Waals surface area contributed by atoms with Gasteiger partial charge in [-0.1, -0.05) is 47.6 Å². The van der Waals surface area contributed by atoms with Gasteiger partial charge in [-0.15, -0.1) is 11.3 Å². The molecular formula is C35H35ClN8O4S2. The van der Waals surface area contributed by atoms with Crippen molar-refractivity contribution in [1.29, 1.82) is 10.5 Å². The molecule has 1 fully saturated rings. The standard InChI is InChI=1S/C35H35ClN8O4S2/c1-21(41-32(45)29(40)18-39)35(46)48-15-14-47-26-10-6-22(7-11-26)30-27(16-37)31(44-12-2-3-13-44)43-34(28(30)17-38)50-20-25-19-49-33(42-25)23-4-8-24(36)9-5-23/h4-11,19,21,29H,2-3,12-15,18,20,39-40H2,1H3,(H,41,45)/t21-,29-/m0/s1. The second-order valence-corrected chi connectivity index (χ2v) is 13.6. The van der Waals surface area contributed by atoms with Crippen LogP contribution < -0.4 is 26.4 Å². The maximum atomic E-state index is 12.2. The number of thiazole rings is 1. The Morgan fingerprint density at radius 1 is 1.04 bits per heavy atom. The second-order valence-electron chi connectivity index (χ2n) is 11.3. The fraction of sp³-hybridized carbons (Fsp3) is 0.314. The van der Waals surface area contributed by atoms with E-state index < -0.39 is 24.0 Å². The van der Waals surface area contributed by atoms with E-state index in [1.807, 2.05) is 29.6 Å². The third-order valence-electron chi connectivity index (χ3n) is 7.82. The predicted octanol–water partition coefficient (Wildman–Crippen LogP) is 4.87. The van der Waals surface area contributed by atoms with E-state index >= 15 is 0 Å². The zero-order chi connectivity index (χ0) is 35.6. The van der Waals surface area contributed by atoms with Gasteiger partial charge in [0.25, 0.3) is 0 Å². The van der Waals surface area contributed by atoms with Gasteiger partial charge in [0.15, 0.2) is 0 Å². The number of amides is 1. The van der Waals surface area contributed by atoms with Crippen molar-refractivity contribution in [3.05, 3.63) is 75.8 Å². The van der Waals surface area contributed by atoms with Crippen molar-refractivity contribution in [2.24, 2.45) is 11.5 Å². The highest BCUT2D eigenvalue weighted by atomic mass is 35.5. The van der Waals surface area contributed by atoms with E-state index in [1.165, 1.54) is 30.0 Å². The minimum Gasteiger partial charge on any atom is -0.490 e. The summed E-state index contributed by atoms with van der Waals surface area (Å²) in [6.07, 6.45) is 1.99. The maximum Gasteiger partial charge on any atom is 0.328 e. The number of ether oxygens (including phenoxy) is 2. The smallest absolute Gasteiger partial charge is 0.328 e. The van der Waals surface area contributed by atoms with E-state index in [2.05, 4.69) is 22.4 Å². The first-order valence-corrected chi connectivity index (χ1v) is 18.1. The first kappa shape index (κ1) is 36.6. The summed E-state index contributed by atoms with van der Waals surface area (Å²) in [4.78, 5) is 35.9. The highest BCUT2D eigenvalue weighted by molar-refractivity contribution is 7.98. The van der Waals surface area contributed by atoms with Gasteiger partial charge in [0.1, 0.15) is 58.6 Å². The van der Waals surface area contributed by atoms with Crippen molar-refractivity contribution in [2.75, 3.05) is 37.7 Å². The topological polar surface area (TPSA) is 193 Å². The molecule has 1 aliphatic rings. The maximum absolute atomic E-state index is 12.2. The van der Waals surface area contributed by atoms with Crippen LogP contribution in [0.3, 0.4) is 0 Å². The number of thioether (sulfide) groups is 1.